The molecule has 1 aromatic carbocycles. The number of aliphatic hydroxyl groups is 1. The number of carbonyl (C=O) groups is 1. The van der Waals surface area contributed by atoms with E-state index in [2.05, 4.69) is 4.98 Å². The largest absolute Gasteiger partial charge is 0.439 e. The number of aryl methyl sites for hydroxylation is 1. The first-order valence-corrected chi connectivity index (χ1v) is 8.03. The third-order valence-electron chi connectivity index (χ3n) is 4.04. The summed E-state index contributed by atoms with van der Waals surface area (Å²) in [6, 6.07) is 10.2. The molecule has 7 heteroatoms. The molecule has 3 rings (SSSR count). The monoisotopic (exact) mass is 345 g/mol. The molecule has 0 spiro atoms. The molecule has 1 fully saturated rings. The molecule has 0 bridgehead atoms. The molecule has 2 heterocycles. The lowest BCUT2D eigenvalue weighted by molar-refractivity contribution is 0.0764. The fourth-order valence-electron chi connectivity index (χ4n) is 2.79. The second-order valence-corrected chi connectivity index (χ2v) is 6.08. The first-order valence-electron chi connectivity index (χ1n) is 8.03. The van der Waals surface area contributed by atoms with E-state index in [0.717, 1.165) is 11.3 Å². The van der Waals surface area contributed by atoms with Gasteiger partial charge < -0.3 is 20.5 Å². The maximum absolute atomic E-state index is 13.4. The fourth-order valence-corrected chi connectivity index (χ4v) is 2.79. The van der Waals surface area contributed by atoms with Crippen LogP contribution in [0.2, 0.25) is 0 Å². The van der Waals surface area contributed by atoms with Crippen LogP contribution in [0.3, 0.4) is 0 Å². The molecule has 6 nitrogen and oxygen atoms in total. The highest BCUT2D eigenvalue weighted by Crippen LogP contribution is 2.24. The Hall–Kier alpha value is -2.51. The van der Waals surface area contributed by atoms with E-state index in [1.165, 1.54) is 4.90 Å². The third kappa shape index (κ3) is 3.94. The van der Waals surface area contributed by atoms with E-state index in [0.29, 0.717) is 23.7 Å². The Morgan fingerprint density at radius 3 is 2.88 bits per heavy atom. The molecule has 1 aliphatic rings. The highest BCUT2D eigenvalue weighted by molar-refractivity contribution is 5.94. The Bertz CT molecular complexity index is 774. The minimum Gasteiger partial charge on any atom is -0.439 e. The smallest absolute Gasteiger partial charge is 0.254 e. The summed E-state index contributed by atoms with van der Waals surface area (Å²) in [7, 11) is 0. The number of halogens is 1. The van der Waals surface area contributed by atoms with Gasteiger partial charge in [-0.2, -0.15) is 0 Å². The van der Waals surface area contributed by atoms with Crippen LogP contribution in [0.1, 0.15) is 21.6 Å². The molecule has 132 valence electrons. The molecular weight excluding hydrogens is 325 g/mol. The fraction of sp³-hybridized carbons (Fsp3) is 0.333. The maximum Gasteiger partial charge on any atom is 0.254 e. The quantitative estimate of drug-likeness (QED) is 0.882. The van der Waals surface area contributed by atoms with Gasteiger partial charge in [-0.1, -0.05) is 6.07 Å². The van der Waals surface area contributed by atoms with Crippen LogP contribution in [-0.4, -0.2) is 46.3 Å². The number of hydrogen-bond donors (Lipinski definition) is 2. The number of ether oxygens (including phenoxy) is 1. The van der Waals surface area contributed by atoms with E-state index < -0.39 is 12.3 Å². The van der Waals surface area contributed by atoms with Crippen LogP contribution in [0.25, 0.3) is 0 Å². The summed E-state index contributed by atoms with van der Waals surface area (Å²) in [6.45, 7) is 2.10. The van der Waals surface area contributed by atoms with Gasteiger partial charge in [-0.05, 0) is 36.8 Å². The number of rotatable bonds is 4. The molecule has 3 N–H and O–H groups in total. The van der Waals surface area contributed by atoms with Gasteiger partial charge in [0.15, 0.2) is 0 Å². The molecule has 1 aliphatic heterocycles. The summed E-state index contributed by atoms with van der Waals surface area (Å²) in [6.07, 6.45) is -2.54. The molecular formula is C18H20FN3O3. The average molecular weight is 345 g/mol. The summed E-state index contributed by atoms with van der Waals surface area (Å²) >= 11 is 0. The minimum absolute atomic E-state index is 0.00954. The van der Waals surface area contributed by atoms with Gasteiger partial charge in [0.2, 0.25) is 5.88 Å². The highest BCUT2D eigenvalue weighted by Gasteiger charge is 2.34. The average Bonchev–Trinajstić information content (AvgIpc) is 2.93. The van der Waals surface area contributed by atoms with Crippen molar-refractivity contribution in [1.82, 2.24) is 9.88 Å². The van der Waals surface area contributed by atoms with Crippen LogP contribution >= 0.6 is 0 Å². The summed E-state index contributed by atoms with van der Waals surface area (Å²) in [5.41, 5.74) is 7.70. The number of β-amino-alcohol motifs (C(OH)–C–C–N with tert-alkyl or cyclic N) is 1. The number of alkyl halides is 1. The number of carbonyl (C=O) groups excluding carboxylic acids is 1. The minimum atomic E-state index is -1.41. The summed E-state index contributed by atoms with van der Waals surface area (Å²) < 4.78 is 19.2. The molecule has 0 aliphatic carbocycles. The van der Waals surface area contributed by atoms with E-state index >= 15 is 0 Å². The molecule has 1 saturated heterocycles. The van der Waals surface area contributed by atoms with Crippen LogP contribution in [0, 0.1) is 6.92 Å². The van der Waals surface area contributed by atoms with Gasteiger partial charge >= 0.3 is 0 Å². The molecule has 25 heavy (non-hydrogen) atoms. The third-order valence-corrected chi connectivity index (χ3v) is 4.04. The van der Waals surface area contributed by atoms with Gasteiger partial charge in [-0.25, -0.2) is 9.37 Å². The van der Waals surface area contributed by atoms with E-state index in [-0.39, 0.29) is 19.0 Å². The molecule has 0 saturated carbocycles. The summed E-state index contributed by atoms with van der Waals surface area (Å²) in [5, 5.41) is 9.48. The van der Waals surface area contributed by atoms with E-state index in [9.17, 15) is 14.3 Å². The van der Waals surface area contributed by atoms with Crippen LogP contribution in [0.15, 0.2) is 36.4 Å². The van der Waals surface area contributed by atoms with Crippen LogP contribution < -0.4 is 10.5 Å². The lowest BCUT2D eigenvalue weighted by Crippen LogP contribution is -2.29. The summed E-state index contributed by atoms with van der Waals surface area (Å²) in [4.78, 5) is 18.0. The number of aliphatic hydroxyl groups excluding tert-OH is 1. The van der Waals surface area contributed by atoms with Gasteiger partial charge in [-0.15, -0.1) is 0 Å². The van der Waals surface area contributed by atoms with Crippen molar-refractivity contribution in [3.63, 3.8) is 0 Å². The first-order chi connectivity index (χ1) is 12.0. The number of hydrogen-bond acceptors (Lipinski definition) is 5. The van der Waals surface area contributed by atoms with Gasteiger partial charge in [-0.3, -0.25) is 4.79 Å². The lowest BCUT2D eigenvalue weighted by atomic mass is 10.2. The lowest BCUT2D eigenvalue weighted by Gasteiger charge is -2.15. The van der Waals surface area contributed by atoms with Crippen molar-refractivity contribution in [1.29, 1.82) is 0 Å². The van der Waals surface area contributed by atoms with E-state index in [1.807, 2.05) is 13.0 Å². The molecule has 1 aromatic heterocycles. The van der Waals surface area contributed by atoms with Gasteiger partial charge in [0, 0.05) is 30.4 Å². The molecule has 1 amide bonds. The van der Waals surface area contributed by atoms with Crippen molar-refractivity contribution in [3.05, 3.63) is 53.2 Å². The molecule has 0 radical (unpaired) electrons. The Labute approximate surface area is 145 Å². The SMILES string of the molecule is Cc1cc(CN)cc(Oc2cccc(C(=O)N3CC(O)C(F)C3)c2)n1. The molecule has 2 atom stereocenters. The van der Waals surface area contributed by atoms with E-state index in [1.54, 1.807) is 30.3 Å². The Kier molecular flexibility index (Phi) is 4.96. The number of nitrogens with two attached hydrogens (primary N) is 1. The highest BCUT2D eigenvalue weighted by atomic mass is 19.1. The van der Waals surface area contributed by atoms with Crippen molar-refractivity contribution >= 4 is 5.91 Å². The van der Waals surface area contributed by atoms with Crippen molar-refractivity contribution < 1.29 is 19.0 Å². The predicted molar refractivity (Wildman–Crippen MR) is 90.2 cm³/mol. The Morgan fingerprint density at radius 1 is 1.40 bits per heavy atom. The number of amides is 1. The zero-order valence-corrected chi connectivity index (χ0v) is 13.9. The number of aromatic nitrogens is 1. The topological polar surface area (TPSA) is 88.7 Å². The van der Waals surface area contributed by atoms with Crippen LogP contribution in [0.4, 0.5) is 4.39 Å². The first kappa shape index (κ1) is 17.3. The number of likely N-dealkylation sites (tertiary alicyclic amines) is 1. The van der Waals surface area contributed by atoms with Crippen molar-refractivity contribution in [2.75, 3.05) is 13.1 Å². The number of pyridine rings is 1. The zero-order valence-electron chi connectivity index (χ0n) is 13.9. The number of benzene rings is 1. The summed E-state index contributed by atoms with van der Waals surface area (Å²) in [5.74, 6) is 0.499. The zero-order chi connectivity index (χ0) is 18.0. The van der Waals surface area contributed by atoms with Crippen molar-refractivity contribution in [2.24, 2.45) is 5.73 Å². The van der Waals surface area contributed by atoms with Crippen LogP contribution in [-0.2, 0) is 6.54 Å². The van der Waals surface area contributed by atoms with Gasteiger partial charge in [0.05, 0.1) is 6.54 Å². The normalized spacial score (nSPS) is 19.9. The maximum atomic E-state index is 13.4. The molecule has 2 unspecified atom stereocenters. The van der Waals surface area contributed by atoms with Crippen molar-refractivity contribution in [2.45, 2.75) is 25.7 Å². The molecule has 2 aromatic rings. The number of nitrogens with zero attached hydrogens (tertiary/aromatic N) is 2. The Balaban J connectivity index is 1.78. The second-order valence-electron chi connectivity index (χ2n) is 6.08. The standard InChI is InChI=1S/C18H20FN3O3/c1-11-5-12(8-20)6-17(21-11)25-14-4-2-3-13(7-14)18(24)22-9-15(19)16(23)10-22/h2-7,15-16,23H,8-10,20H2,1H3. The van der Waals surface area contributed by atoms with Gasteiger partial charge in [0.1, 0.15) is 18.0 Å². The Morgan fingerprint density at radius 2 is 2.20 bits per heavy atom. The second kappa shape index (κ2) is 7.16. The van der Waals surface area contributed by atoms with E-state index in [4.69, 9.17) is 10.5 Å². The van der Waals surface area contributed by atoms with Crippen LogP contribution in [0.5, 0.6) is 11.6 Å². The predicted octanol–water partition coefficient (Wildman–Crippen LogP) is 1.80. The van der Waals surface area contributed by atoms with Crippen molar-refractivity contribution in [3.8, 4) is 11.6 Å². The van der Waals surface area contributed by atoms with Gasteiger partial charge in [0.25, 0.3) is 5.91 Å².